The minimum Gasteiger partial charge on any atom is -0.122 e. The van der Waals surface area contributed by atoms with Gasteiger partial charge >= 0.3 is 0 Å². The Balaban J connectivity index is 2.39. The van der Waals surface area contributed by atoms with Crippen LogP contribution in [-0.2, 0) is 0 Å². The highest BCUT2D eigenvalue weighted by Crippen LogP contribution is 2.32. The van der Waals surface area contributed by atoms with E-state index in [1.807, 2.05) is 55.5 Å². The molecule has 0 amide bonds. The lowest BCUT2D eigenvalue weighted by atomic mass is 9.89. The predicted molar refractivity (Wildman–Crippen MR) is 80.1 cm³/mol. The number of benzene rings is 2. The molecule has 18 heavy (non-hydrogen) atoms. The minimum absolute atomic E-state index is 0.00708. The molecule has 0 N–H and O–H groups in total. The fourth-order valence-corrected chi connectivity index (χ4v) is 2.61. The summed E-state index contributed by atoms with van der Waals surface area (Å²) in [6.07, 6.45) is 0. The van der Waals surface area contributed by atoms with Gasteiger partial charge in [-0.15, -0.1) is 11.6 Å². The number of hydrogen-bond donors (Lipinski definition) is 0. The van der Waals surface area contributed by atoms with Gasteiger partial charge in [0.25, 0.3) is 0 Å². The minimum atomic E-state index is -0.00708. The van der Waals surface area contributed by atoms with E-state index in [0.29, 0.717) is 0 Å². The highest BCUT2D eigenvalue weighted by Gasteiger charge is 2.19. The van der Waals surface area contributed by atoms with Crippen LogP contribution in [0.2, 0.25) is 10.0 Å². The third-order valence-electron chi connectivity index (χ3n) is 2.92. The molecule has 1 atom stereocenters. The molecule has 0 spiro atoms. The van der Waals surface area contributed by atoms with E-state index in [0.717, 1.165) is 21.2 Å². The zero-order valence-corrected chi connectivity index (χ0v) is 12.2. The molecule has 0 aliphatic carbocycles. The van der Waals surface area contributed by atoms with Crippen molar-refractivity contribution < 1.29 is 0 Å². The van der Waals surface area contributed by atoms with Crippen LogP contribution >= 0.6 is 34.8 Å². The maximum absolute atomic E-state index is 6.33. The van der Waals surface area contributed by atoms with Crippen molar-refractivity contribution in [1.29, 1.82) is 0 Å². The summed E-state index contributed by atoms with van der Waals surface area (Å²) in [5.74, 6) is 0.140. The number of rotatable bonds is 3. The summed E-state index contributed by atoms with van der Waals surface area (Å²) in [7, 11) is 0. The fourth-order valence-electron chi connectivity index (χ4n) is 2.06. The summed E-state index contributed by atoms with van der Waals surface area (Å²) in [6.45, 7) is 2.00. The van der Waals surface area contributed by atoms with Gasteiger partial charge in [-0.25, -0.2) is 0 Å². The van der Waals surface area contributed by atoms with Gasteiger partial charge in [0.1, 0.15) is 0 Å². The van der Waals surface area contributed by atoms with E-state index < -0.39 is 0 Å². The van der Waals surface area contributed by atoms with E-state index in [2.05, 4.69) is 0 Å². The van der Waals surface area contributed by atoms with Crippen molar-refractivity contribution in [2.24, 2.45) is 0 Å². The molecule has 2 rings (SSSR count). The first-order valence-corrected chi connectivity index (χ1v) is 6.92. The standard InChI is InChI=1S/C15H13Cl3/c1-10(16)15(11-2-6-13(17)7-3-11)12-4-8-14(18)9-5-12/h2-10,15H,1H3. The van der Waals surface area contributed by atoms with Gasteiger partial charge < -0.3 is 0 Å². The molecule has 0 saturated carbocycles. The Hall–Kier alpha value is -0.690. The van der Waals surface area contributed by atoms with E-state index in [1.165, 1.54) is 0 Å². The van der Waals surface area contributed by atoms with Gasteiger partial charge in [0.05, 0.1) is 0 Å². The Morgan fingerprint density at radius 1 is 0.722 bits per heavy atom. The Labute approximate surface area is 122 Å². The summed E-state index contributed by atoms with van der Waals surface area (Å²) in [6, 6.07) is 15.6. The van der Waals surface area contributed by atoms with Crippen LogP contribution in [-0.4, -0.2) is 5.38 Å². The van der Waals surface area contributed by atoms with E-state index in [4.69, 9.17) is 34.8 Å². The molecule has 0 radical (unpaired) electrons. The van der Waals surface area contributed by atoms with Crippen LogP contribution in [0.1, 0.15) is 24.0 Å². The average molecular weight is 300 g/mol. The van der Waals surface area contributed by atoms with Crippen molar-refractivity contribution in [2.45, 2.75) is 18.2 Å². The first-order valence-electron chi connectivity index (χ1n) is 5.73. The summed E-state index contributed by atoms with van der Waals surface area (Å²) >= 11 is 18.2. The summed E-state index contributed by atoms with van der Waals surface area (Å²) in [5, 5.41) is 1.46. The number of hydrogen-bond acceptors (Lipinski definition) is 0. The molecule has 0 bridgehead atoms. The second-order valence-corrected chi connectivity index (χ2v) is 5.82. The van der Waals surface area contributed by atoms with E-state index in [9.17, 15) is 0 Å². The van der Waals surface area contributed by atoms with Crippen LogP contribution in [0.4, 0.5) is 0 Å². The third kappa shape index (κ3) is 3.20. The molecule has 0 heterocycles. The van der Waals surface area contributed by atoms with Crippen molar-refractivity contribution in [3.63, 3.8) is 0 Å². The second kappa shape index (κ2) is 5.97. The largest absolute Gasteiger partial charge is 0.122 e. The SMILES string of the molecule is CC(Cl)C(c1ccc(Cl)cc1)c1ccc(Cl)cc1. The average Bonchev–Trinajstić information content (AvgIpc) is 2.34. The molecule has 0 aromatic heterocycles. The van der Waals surface area contributed by atoms with Crippen LogP contribution < -0.4 is 0 Å². The van der Waals surface area contributed by atoms with E-state index in [-0.39, 0.29) is 11.3 Å². The molecule has 94 valence electrons. The summed E-state index contributed by atoms with van der Waals surface area (Å²) in [4.78, 5) is 0. The van der Waals surface area contributed by atoms with Gasteiger partial charge in [-0.2, -0.15) is 0 Å². The van der Waals surface area contributed by atoms with Crippen molar-refractivity contribution in [1.82, 2.24) is 0 Å². The van der Waals surface area contributed by atoms with Gasteiger partial charge in [0, 0.05) is 21.3 Å². The Kier molecular flexibility index (Phi) is 4.55. The molecule has 0 saturated heterocycles. The third-order valence-corrected chi connectivity index (χ3v) is 3.67. The highest BCUT2D eigenvalue weighted by molar-refractivity contribution is 6.30. The van der Waals surface area contributed by atoms with Gasteiger partial charge in [0.15, 0.2) is 0 Å². The Morgan fingerprint density at radius 2 is 1.06 bits per heavy atom. The van der Waals surface area contributed by atoms with Crippen LogP contribution in [0.25, 0.3) is 0 Å². The smallest absolute Gasteiger partial charge is 0.0417 e. The van der Waals surface area contributed by atoms with Crippen molar-refractivity contribution in [3.05, 3.63) is 69.7 Å². The first-order chi connectivity index (χ1) is 8.58. The molecule has 0 aliphatic rings. The van der Waals surface area contributed by atoms with Crippen molar-refractivity contribution >= 4 is 34.8 Å². The Bertz CT molecular complexity index is 455. The lowest BCUT2D eigenvalue weighted by Crippen LogP contribution is -2.10. The van der Waals surface area contributed by atoms with Crippen LogP contribution in [0.15, 0.2) is 48.5 Å². The summed E-state index contributed by atoms with van der Waals surface area (Å²) < 4.78 is 0. The molecule has 2 aromatic rings. The van der Waals surface area contributed by atoms with Crippen molar-refractivity contribution in [2.75, 3.05) is 0 Å². The monoisotopic (exact) mass is 298 g/mol. The lowest BCUT2D eigenvalue weighted by molar-refractivity contribution is 0.786. The van der Waals surface area contributed by atoms with Gasteiger partial charge in [-0.1, -0.05) is 47.5 Å². The molecule has 1 unspecified atom stereocenters. The normalized spacial score (nSPS) is 12.7. The predicted octanol–water partition coefficient (Wildman–Crippen LogP) is 5.75. The van der Waals surface area contributed by atoms with Crippen LogP contribution in [0.3, 0.4) is 0 Å². The maximum Gasteiger partial charge on any atom is 0.0417 e. The van der Waals surface area contributed by atoms with Gasteiger partial charge in [-0.05, 0) is 42.3 Å². The van der Waals surface area contributed by atoms with Crippen LogP contribution in [0, 0.1) is 0 Å². The number of alkyl halides is 1. The first kappa shape index (κ1) is 13.7. The molecular weight excluding hydrogens is 287 g/mol. The fraction of sp³-hybridized carbons (Fsp3) is 0.200. The summed E-state index contributed by atoms with van der Waals surface area (Å²) in [5.41, 5.74) is 2.31. The molecule has 0 fully saturated rings. The lowest BCUT2D eigenvalue weighted by Gasteiger charge is -2.20. The topological polar surface area (TPSA) is 0 Å². The van der Waals surface area contributed by atoms with Crippen molar-refractivity contribution in [3.8, 4) is 0 Å². The quantitative estimate of drug-likeness (QED) is 0.633. The molecule has 0 nitrogen and oxygen atoms in total. The highest BCUT2D eigenvalue weighted by atomic mass is 35.5. The Morgan fingerprint density at radius 3 is 1.33 bits per heavy atom. The van der Waals surface area contributed by atoms with Gasteiger partial charge in [-0.3, -0.25) is 0 Å². The van der Waals surface area contributed by atoms with Gasteiger partial charge in [0.2, 0.25) is 0 Å². The van der Waals surface area contributed by atoms with Crippen LogP contribution in [0.5, 0.6) is 0 Å². The van der Waals surface area contributed by atoms with E-state index in [1.54, 1.807) is 0 Å². The molecule has 0 aliphatic heterocycles. The second-order valence-electron chi connectivity index (χ2n) is 4.26. The molecule has 3 heteroatoms. The molecular formula is C15H13Cl3. The van der Waals surface area contributed by atoms with E-state index >= 15 is 0 Å². The number of halogens is 3. The zero-order valence-electron chi connectivity index (χ0n) is 9.91. The molecule has 2 aromatic carbocycles. The zero-order chi connectivity index (χ0) is 13.1. The maximum atomic E-state index is 6.33.